The second-order valence-electron chi connectivity index (χ2n) is 4.91. The SMILES string of the molecule is Cc1cc(Cl)ccc1C(=O)NS(=O)(=O)c1ccc(SC(F)(F)F)cc1. The fraction of sp³-hybridized carbons (Fsp3) is 0.133. The summed E-state index contributed by atoms with van der Waals surface area (Å²) in [6.45, 7) is 1.59. The van der Waals surface area contributed by atoms with E-state index in [2.05, 4.69) is 0 Å². The van der Waals surface area contributed by atoms with E-state index in [1.54, 1.807) is 6.92 Å². The molecule has 1 N–H and O–H groups in total. The lowest BCUT2D eigenvalue weighted by Gasteiger charge is -2.10. The number of carbonyl (C=O) groups is 1. The third-order valence-corrected chi connectivity index (χ3v) is 5.35. The Morgan fingerprint density at radius 3 is 2.24 bits per heavy atom. The zero-order chi connectivity index (χ0) is 18.8. The summed E-state index contributed by atoms with van der Waals surface area (Å²) >= 11 is 5.42. The molecule has 0 fully saturated rings. The summed E-state index contributed by atoms with van der Waals surface area (Å²) in [7, 11) is -4.22. The topological polar surface area (TPSA) is 63.2 Å². The van der Waals surface area contributed by atoms with Crippen LogP contribution in [0.4, 0.5) is 13.2 Å². The van der Waals surface area contributed by atoms with Crippen molar-refractivity contribution in [2.45, 2.75) is 22.2 Å². The maximum atomic E-state index is 12.3. The van der Waals surface area contributed by atoms with Crippen LogP contribution in [0.3, 0.4) is 0 Å². The van der Waals surface area contributed by atoms with Gasteiger partial charge in [0.1, 0.15) is 0 Å². The smallest absolute Gasteiger partial charge is 0.268 e. The summed E-state index contributed by atoms with van der Waals surface area (Å²) in [5.74, 6) is -0.858. The Kier molecular flexibility index (Phi) is 5.70. The van der Waals surface area contributed by atoms with Crippen molar-refractivity contribution in [3.63, 3.8) is 0 Å². The zero-order valence-electron chi connectivity index (χ0n) is 12.6. The second kappa shape index (κ2) is 7.27. The van der Waals surface area contributed by atoms with Crippen molar-refractivity contribution in [3.05, 3.63) is 58.6 Å². The van der Waals surface area contributed by atoms with E-state index in [1.807, 2.05) is 4.72 Å². The maximum Gasteiger partial charge on any atom is 0.446 e. The molecule has 134 valence electrons. The van der Waals surface area contributed by atoms with E-state index in [9.17, 15) is 26.4 Å². The first-order valence-electron chi connectivity index (χ1n) is 6.67. The average molecular weight is 410 g/mol. The first-order chi connectivity index (χ1) is 11.5. The van der Waals surface area contributed by atoms with Crippen LogP contribution in [0, 0.1) is 6.92 Å². The number of rotatable bonds is 4. The Bertz CT molecular complexity index is 897. The highest BCUT2D eigenvalue weighted by Gasteiger charge is 2.29. The molecule has 0 atom stereocenters. The van der Waals surface area contributed by atoms with Gasteiger partial charge in [-0.25, -0.2) is 13.1 Å². The van der Waals surface area contributed by atoms with Crippen molar-refractivity contribution < 1.29 is 26.4 Å². The van der Waals surface area contributed by atoms with Crippen LogP contribution in [0.2, 0.25) is 5.02 Å². The fourth-order valence-electron chi connectivity index (χ4n) is 1.94. The van der Waals surface area contributed by atoms with Gasteiger partial charge in [-0.15, -0.1) is 0 Å². The van der Waals surface area contributed by atoms with Gasteiger partial charge in [-0.2, -0.15) is 13.2 Å². The van der Waals surface area contributed by atoms with Gasteiger partial charge < -0.3 is 0 Å². The summed E-state index contributed by atoms with van der Waals surface area (Å²) in [5, 5.41) is 0.398. The monoisotopic (exact) mass is 409 g/mol. The third-order valence-electron chi connectivity index (χ3n) is 3.03. The number of nitrogens with one attached hydrogen (secondary N) is 1. The molecule has 0 spiro atoms. The van der Waals surface area contributed by atoms with Crippen molar-refractivity contribution in [2.24, 2.45) is 0 Å². The second-order valence-corrected chi connectivity index (χ2v) is 8.17. The summed E-state index contributed by atoms with van der Waals surface area (Å²) < 4.78 is 63.1. The van der Waals surface area contributed by atoms with Crippen LogP contribution in [-0.2, 0) is 10.0 Å². The molecular weight excluding hydrogens is 399 g/mol. The highest BCUT2D eigenvalue weighted by Crippen LogP contribution is 2.36. The first-order valence-corrected chi connectivity index (χ1v) is 9.35. The lowest BCUT2D eigenvalue weighted by Crippen LogP contribution is -2.31. The van der Waals surface area contributed by atoms with Crippen molar-refractivity contribution in [1.82, 2.24) is 4.72 Å². The molecule has 2 aromatic rings. The molecule has 1 amide bonds. The molecule has 0 aliphatic heterocycles. The van der Waals surface area contributed by atoms with Gasteiger partial charge in [0.05, 0.1) is 4.90 Å². The highest BCUT2D eigenvalue weighted by molar-refractivity contribution is 8.00. The van der Waals surface area contributed by atoms with Gasteiger partial charge in [-0.05, 0) is 66.7 Å². The molecular formula is C15H11ClF3NO3S2. The minimum atomic E-state index is -4.47. The van der Waals surface area contributed by atoms with Crippen LogP contribution in [0.1, 0.15) is 15.9 Å². The molecule has 4 nitrogen and oxygen atoms in total. The van der Waals surface area contributed by atoms with Crippen LogP contribution in [0.15, 0.2) is 52.3 Å². The Balaban J connectivity index is 2.19. The predicted octanol–water partition coefficient (Wildman–Crippen LogP) is 4.38. The minimum Gasteiger partial charge on any atom is -0.268 e. The van der Waals surface area contributed by atoms with Gasteiger partial charge in [0, 0.05) is 15.5 Å². The number of alkyl halides is 3. The van der Waals surface area contributed by atoms with Gasteiger partial charge in [-0.1, -0.05) is 11.6 Å². The lowest BCUT2D eigenvalue weighted by molar-refractivity contribution is -0.0328. The van der Waals surface area contributed by atoms with Gasteiger partial charge in [0.25, 0.3) is 15.9 Å². The first kappa shape index (κ1) is 19.6. The number of sulfonamides is 1. The van der Waals surface area contributed by atoms with Gasteiger partial charge in [-0.3, -0.25) is 4.79 Å². The van der Waals surface area contributed by atoms with Gasteiger partial charge in [0.15, 0.2) is 0 Å². The molecule has 0 unspecified atom stereocenters. The fourth-order valence-corrected chi connectivity index (χ4v) is 3.67. The number of amides is 1. The molecule has 10 heteroatoms. The van der Waals surface area contributed by atoms with E-state index < -0.39 is 21.4 Å². The molecule has 2 rings (SSSR count). The molecule has 0 saturated heterocycles. The molecule has 2 aromatic carbocycles. The molecule has 0 saturated carbocycles. The van der Waals surface area contributed by atoms with E-state index in [-0.39, 0.29) is 27.1 Å². The number of halogens is 4. The van der Waals surface area contributed by atoms with Crippen molar-refractivity contribution >= 4 is 39.3 Å². The number of hydrogen-bond donors (Lipinski definition) is 1. The third kappa shape index (κ3) is 5.38. The average Bonchev–Trinajstić information content (AvgIpc) is 2.45. The van der Waals surface area contributed by atoms with Crippen LogP contribution in [0.25, 0.3) is 0 Å². The standard InChI is InChI=1S/C15H11ClF3NO3S2/c1-9-8-10(16)2-7-13(9)14(21)20-25(22,23)12-5-3-11(4-6-12)24-15(17,18)19/h2-8H,1H3,(H,20,21). The zero-order valence-corrected chi connectivity index (χ0v) is 15.0. The van der Waals surface area contributed by atoms with Crippen molar-refractivity contribution in [3.8, 4) is 0 Å². The summed E-state index contributed by atoms with van der Waals surface area (Å²) in [4.78, 5) is 11.7. The normalized spacial score (nSPS) is 12.0. The maximum absolute atomic E-state index is 12.3. The van der Waals surface area contributed by atoms with Crippen molar-refractivity contribution in [1.29, 1.82) is 0 Å². The largest absolute Gasteiger partial charge is 0.446 e. The molecule has 25 heavy (non-hydrogen) atoms. The Morgan fingerprint density at radius 2 is 1.72 bits per heavy atom. The lowest BCUT2D eigenvalue weighted by atomic mass is 10.1. The van der Waals surface area contributed by atoms with Crippen LogP contribution < -0.4 is 4.72 Å². The predicted molar refractivity (Wildman–Crippen MR) is 89.2 cm³/mol. The number of aryl methyl sites for hydroxylation is 1. The quantitative estimate of drug-likeness (QED) is 0.761. The Hall–Kier alpha value is -1.71. The molecule has 0 heterocycles. The molecule has 0 bridgehead atoms. The number of carbonyl (C=O) groups excluding carboxylic acids is 1. The van der Waals surface area contributed by atoms with E-state index >= 15 is 0 Å². The Labute approximate surface area is 151 Å². The van der Waals surface area contributed by atoms with Gasteiger partial charge >= 0.3 is 5.51 Å². The summed E-state index contributed by atoms with van der Waals surface area (Å²) in [5.41, 5.74) is -3.87. The Morgan fingerprint density at radius 1 is 1.12 bits per heavy atom. The van der Waals surface area contributed by atoms with Gasteiger partial charge in [0.2, 0.25) is 0 Å². The number of thioether (sulfide) groups is 1. The van der Waals surface area contributed by atoms with Crippen molar-refractivity contribution in [2.75, 3.05) is 0 Å². The minimum absolute atomic E-state index is 0.122. The molecule has 0 aliphatic carbocycles. The van der Waals surface area contributed by atoms with Crippen LogP contribution in [0.5, 0.6) is 0 Å². The van der Waals surface area contributed by atoms with Crippen LogP contribution >= 0.6 is 23.4 Å². The van der Waals surface area contributed by atoms with Crippen LogP contribution in [-0.4, -0.2) is 19.8 Å². The highest BCUT2D eigenvalue weighted by atomic mass is 35.5. The summed E-state index contributed by atoms with van der Waals surface area (Å²) in [6, 6.07) is 8.36. The molecule has 0 aliphatic rings. The number of hydrogen-bond acceptors (Lipinski definition) is 4. The number of benzene rings is 2. The molecule has 0 radical (unpaired) electrons. The van der Waals surface area contributed by atoms with E-state index in [4.69, 9.17) is 11.6 Å². The van der Waals surface area contributed by atoms with E-state index in [1.165, 1.54) is 18.2 Å². The molecule has 0 aromatic heterocycles. The summed E-state index contributed by atoms with van der Waals surface area (Å²) in [6.07, 6.45) is 0. The van der Waals surface area contributed by atoms with E-state index in [0.29, 0.717) is 10.6 Å². The van der Waals surface area contributed by atoms with E-state index in [0.717, 1.165) is 24.3 Å².